The molecule has 0 bridgehead atoms. The van der Waals surface area contributed by atoms with Gasteiger partial charge in [-0.05, 0) is 32.4 Å². The van der Waals surface area contributed by atoms with Crippen LogP contribution in [-0.4, -0.2) is 76.4 Å². The van der Waals surface area contributed by atoms with Crippen molar-refractivity contribution in [1.29, 1.82) is 0 Å². The molecule has 0 radical (unpaired) electrons. The Labute approximate surface area is 124 Å². The van der Waals surface area contributed by atoms with E-state index in [1.807, 2.05) is 6.92 Å². The number of aliphatic hydroxyl groups is 1. The number of amides is 2. The van der Waals surface area contributed by atoms with Crippen LogP contribution < -0.4 is 5.32 Å². The number of carbonyl (C=O) groups is 2. The van der Waals surface area contributed by atoms with Gasteiger partial charge in [0.15, 0.2) is 0 Å². The summed E-state index contributed by atoms with van der Waals surface area (Å²) in [5.41, 5.74) is 0. The molecule has 0 aromatic heterocycles. The number of nitrogens with zero attached hydrogens (tertiary/aromatic N) is 2. The number of carbonyl (C=O) groups excluding carboxylic acids is 1. The van der Waals surface area contributed by atoms with Gasteiger partial charge in [0.25, 0.3) is 0 Å². The lowest BCUT2D eigenvalue weighted by Gasteiger charge is -2.37. The van der Waals surface area contributed by atoms with Crippen LogP contribution in [0, 0.1) is 0 Å². The number of aliphatic hydroxyl groups excluding tert-OH is 1. The maximum absolute atomic E-state index is 12.8. The fraction of sp³-hybridized carbons (Fsp3) is 0.857. The number of urea groups is 1. The van der Waals surface area contributed by atoms with Gasteiger partial charge in [0.1, 0.15) is 6.04 Å². The first kappa shape index (κ1) is 16.0. The Morgan fingerprint density at radius 3 is 2.57 bits per heavy atom. The van der Waals surface area contributed by atoms with Crippen LogP contribution in [0.4, 0.5) is 4.79 Å². The molecule has 2 atom stereocenters. The summed E-state index contributed by atoms with van der Waals surface area (Å²) >= 11 is 0. The third-order valence-corrected chi connectivity index (χ3v) is 4.27. The van der Waals surface area contributed by atoms with Crippen molar-refractivity contribution in [2.45, 2.75) is 50.8 Å². The lowest BCUT2D eigenvalue weighted by molar-refractivity contribution is -0.141. The van der Waals surface area contributed by atoms with Gasteiger partial charge in [-0.25, -0.2) is 9.59 Å². The highest BCUT2D eigenvalue weighted by Crippen LogP contribution is 2.23. The van der Waals surface area contributed by atoms with Crippen LogP contribution in [0.3, 0.4) is 0 Å². The molecular formula is C14H25N3O4. The van der Waals surface area contributed by atoms with Crippen molar-refractivity contribution in [2.75, 3.05) is 26.2 Å². The lowest BCUT2D eigenvalue weighted by atomic mass is 10.0. The largest absolute Gasteiger partial charge is 0.480 e. The normalized spacial score (nSPS) is 26.9. The second-order valence-corrected chi connectivity index (χ2v) is 5.85. The highest BCUT2D eigenvalue weighted by atomic mass is 16.4. The van der Waals surface area contributed by atoms with E-state index in [4.69, 9.17) is 0 Å². The number of nitrogens with one attached hydrogen (secondary N) is 1. The Bertz CT molecular complexity index is 384. The van der Waals surface area contributed by atoms with E-state index in [2.05, 4.69) is 5.32 Å². The van der Waals surface area contributed by atoms with E-state index in [-0.39, 0.29) is 25.0 Å². The Morgan fingerprint density at radius 1 is 1.33 bits per heavy atom. The molecular weight excluding hydrogens is 274 g/mol. The van der Waals surface area contributed by atoms with Gasteiger partial charge in [0.05, 0.1) is 6.10 Å². The summed E-state index contributed by atoms with van der Waals surface area (Å²) in [4.78, 5) is 27.2. The molecule has 2 rings (SSSR count). The van der Waals surface area contributed by atoms with Gasteiger partial charge in [-0.2, -0.15) is 0 Å². The predicted octanol–water partition coefficient (Wildman–Crippen LogP) is 0.0902. The zero-order chi connectivity index (χ0) is 15.4. The van der Waals surface area contributed by atoms with E-state index in [9.17, 15) is 19.8 Å². The summed E-state index contributed by atoms with van der Waals surface area (Å²) in [7, 11) is 0. The molecule has 0 spiro atoms. The molecule has 21 heavy (non-hydrogen) atoms. The molecule has 2 heterocycles. The molecule has 3 N–H and O–H groups in total. The van der Waals surface area contributed by atoms with Crippen molar-refractivity contribution in [2.24, 2.45) is 0 Å². The standard InChI is InChI=1S/C14H25N3O4/c1-2-7-16(10-3-5-15-6-4-10)14(21)17-9-11(18)8-12(17)13(19)20/h10-12,15,18H,2-9H2,1H3,(H,19,20)/t11-,12+/m1/s1. The number of hydrogen-bond donors (Lipinski definition) is 3. The average Bonchev–Trinajstić information content (AvgIpc) is 2.87. The van der Waals surface area contributed by atoms with Crippen molar-refractivity contribution in [3.8, 4) is 0 Å². The van der Waals surface area contributed by atoms with Crippen LogP contribution in [0.25, 0.3) is 0 Å². The number of carboxylic acids is 1. The fourth-order valence-corrected chi connectivity index (χ4v) is 3.22. The summed E-state index contributed by atoms with van der Waals surface area (Å²) in [5, 5.41) is 22.2. The molecule has 0 saturated carbocycles. The molecule has 2 aliphatic rings. The van der Waals surface area contributed by atoms with Gasteiger partial charge < -0.3 is 25.3 Å². The van der Waals surface area contributed by atoms with Crippen LogP contribution >= 0.6 is 0 Å². The van der Waals surface area contributed by atoms with Gasteiger partial charge in [0.2, 0.25) is 0 Å². The van der Waals surface area contributed by atoms with E-state index in [0.29, 0.717) is 6.54 Å². The van der Waals surface area contributed by atoms with E-state index in [0.717, 1.165) is 32.4 Å². The third-order valence-electron chi connectivity index (χ3n) is 4.27. The summed E-state index contributed by atoms with van der Waals surface area (Å²) < 4.78 is 0. The van der Waals surface area contributed by atoms with Gasteiger partial charge in [-0.1, -0.05) is 6.92 Å². The first-order valence-electron chi connectivity index (χ1n) is 7.73. The van der Waals surface area contributed by atoms with Crippen LogP contribution in [0.5, 0.6) is 0 Å². The number of carboxylic acid groups (broad SMARTS) is 1. The zero-order valence-corrected chi connectivity index (χ0v) is 12.5. The first-order chi connectivity index (χ1) is 10.0. The number of piperidine rings is 1. The quantitative estimate of drug-likeness (QED) is 0.684. The molecule has 2 aliphatic heterocycles. The van der Waals surface area contributed by atoms with Crippen LogP contribution in [0.2, 0.25) is 0 Å². The van der Waals surface area contributed by atoms with Crippen molar-refractivity contribution in [3.63, 3.8) is 0 Å². The minimum Gasteiger partial charge on any atom is -0.480 e. The highest BCUT2D eigenvalue weighted by Gasteiger charge is 2.41. The van der Waals surface area contributed by atoms with Gasteiger partial charge in [0, 0.05) is 25.6 Å². The first-order valence-corrected chi connectivity index (χ1v) is 7.73. The second-order valence-electron chi connectivity index (χ2n) is 5.85. The van der Waals surface area contributed by atoms with Crippen LogP contribution in [0.1, 0.15) is 32.6 Å². The van der Waals surface area contributed by atoms with E-state index < -0.39 is 18.1 Å². The molecule has 2 amide bonds. The number of hydrogen-bond acceptors (Lipinski definition) is 4. The highest BCUT2D eigenvalue weighted by molar-refractivity contribution is 5.83. The predicted molar refractivity (Wildman–Crippen MR) is 77.0 cm³/mol. The summed E-state index contributed by atoms with van der Waals surface area (Å²) in [5.74, 6) is -1.04. The number of β-amino-alcohol motifs (C(OH)–C–C–N with tert-alkyl or cyclic N) is 1. The third kappa shape index (κ3) is 3.65. The summed E-state index contributed by atoms with van der Waals surface area (Å²) in [6, 6.07) is -0.993. The van der Waals surface area contributed by atoms with Crippen molar-refractivity contribution >= 4 is 12.0 Å². The Hall–Kier alpha value is -1.34. The van der Waals surface area contributed by atoms with Crippen molar-refractivity contribution in [3.05, 3.63) is 0 Å². The SMILES string of the molecule is CCCN(C(=O)N1C[C@H](O)C[C@H]1C(=O)O)C1CCNCC1. The molecule has 0 aromatic carbocycles. The molecule has 0 unspecified atom stereocenters. The van der Waals surface area contributed by atoms with Gasteiger partial charge in [-0.3, -0.25) is 0 Å². The zero-order valence-electron chi connectivity index (χ0n) is 12.5. The van der Waals surface area contributed by atoms with Crippen LogP contribution in [-0.2, 0) is 4.79 Å². The van der Waals surface area contributed by atoms with Crippen LogP contribution in [0.15, 0.2) is 0 Å². The molecule has 2 saturated heterocycles. The minimum atomic E-state index is -1.04. The van der Waals surface area contributed by atoms with E-state index >= 15 is 0 Å². The Morgan fingerprint density at radius 2 is 2.00 bits per heavy atom. The fourth-order valence-electron chi connectivity index (χ4n) is 3.22. The maximum atomic E-state index is 12.8. The number of aliphatic carboxylic acids is 1. The van der Waals surface area contributed by atoms with Gasteiger partial charge >= 0.3 is 12.0 Å². The Kier molecular flexibility index (Phi) is 5.41. The van der Waals surface area contributed by atoms with Gasteiger partial charge in [-0.15, -0.1) is 0 Å². The van der Waals surface area contributed by atoms with E-state index in [1.165, 1.54) is 4.90 Å². The molecule has 0 aliphatic carbocycles. The second kappa shape index (κ2) is 7.09. The molecule has 7 nitrogen and oxygen atoms in total. The monoisotopic (exact) mass is 299 g/mol. The maximum Gasteiger partial charge on any atom is 0.326 e. The van der Waals surface area contributed by atoms with E-state index in [1.54, 1.807) is 4.90 Å². The summed E-state index contributed by atoms with van der Waals surface area (Å²) in [6.45, 7) is 4.50. The topological polar surface area (TPSA) is 93.1 Å². The summed E-state index contributed by atoms with van der Waals surface area (Å²) in [6.07, 6.45) is 1.99. The molecule has 120 valence electrons. The smallest absolute Gasteiger partial charge is 0.326 e. The lowest BCUT2D eigenvalue weighted by Crippen LogP contribution is -2.54. The molecule has 7 heteroatoms. The van der Waals surface area contributed by atoms with Crippen molar-refractivity contribution in [1.82, 2.24) is 15.1 Å². The average molecular weight is 299 g/mol. The Balaban J connectivity index is 2.11. The van der Waals surface area contributed by atoms with Crippen molar-refractivity contribution < 1.29 is 19.8 Å². The minimum absolute atomic E-state index is 0.112. The molecule has 2 fully saturated rings. The number of rotatable bonds is 4. The number of likely N-dealkylation sites (tertiary alicyclic amines) is 1. The molecule has 0 aromatic rings.